The van der Waals surface area contributed by atoms with E-state index in [1.54, 1.807) is 29.5 Å². The zero-order valence-corrected chi connectivity index (χ0v) is 11.9. The van der Waals surface area contributed by atoms with E-state index in [-0.39, 0.29) is 0 Å². The molecule has 5 heteroatoms. The monoisotopic (exact) mass is 300 g/mol. The maximum Gasteiger partial charge on any atom is 0.140 e. The maximum atomic E-state index is 9.08. The molecule has 0 bridgehead atoms. The van der Waals surface area contributed by atoms with Gasteiger partial charge in [-0.2, -0.15) is 5.26 Å². The Balaban J connectivity index is 1.83. The van der Waals surface area contributed by atoms with Crippen molar-refractivity contribution in [2.24, 2.45) is 0 Å². The summed E-state index contributed by atoms with van der Waals surface area (Å²) < 4.78 is 6.79. The van der Waals surface area contributed by atoms with Crippen LogP contribution in [0.2, 0.25) is 5.02 Å². The lowest BCUT2D eigenvalue weighted by Gasteiger charge is -2.06. The van der Waals surface area contributed by atoms with E-state index in [1.807, 2.05) is 24.3 Å². The molecule has 1 heterocycles. The fraction of sp³-hybridized carbons (Fsp3) is 0.0667. The number of thiazole rings is 1. The van der Waals surface area contributed by atoms with Crippen molar-refractivity contribution in [1.82, 2.24) is 4.98 Å². The molecule has 3 nitrogen and oxygen atoms in total. The molecular formula is C15H9ClN2OS. The smallest absolute Gasteiger partial charge is 0.140 e. The molecule has 2 aromatic carbocycles. The second kappa shape index (κ2) is 5.49. The molecule has 0 saturated heterocycles. The number of rotatable bonds is 3. The van der Waals surface area contributed by atoms with Crippen molar-refractivity contribution in [1.29, 1.82) is 5.26 Å². The van der Waals surface area contributed by atoms with Crippen LogP contribution >= 0.6 is 22.9 Å². The highest BCUT2D eigenvalue weighted by Crippen LogP contribution is 2.27. The van der Waals surface area contributed by atoms with Gasteiger partial charge in [-0.05, 0) is 24.3 Å². The van der Waals surface area contributed by atoms with Gasteiger partial charge in [0.15, 0.2) is 0 Å². The van der Waals surface area contributed by atoms with Crippen molar-refractivity contribution >= 4 is 33.2 Å². The molecule has 1 aromatic heterocycles. The number of hydrogen-bond acceptors (Lipinski definition) is 4. The summed E-state index contributed by atoms with van der Waals surface area (Å²) in [6, 6.07) is 15.1. The minimum absolute atomic E-state index is 0.328. The van der Waals surface area contributed by atoms with Crippen LogP contribution in [0.5, 0.6) is 5.75 Å². The molecular weight excluding hydrogens is 292 g/mol. The second-order valence-electron chi connectivity index (χ2n) is 4.09. The lowest BCUT2D eigenvalue weighted by molar-refractivity contribution is 0.305. The summed E-state index contributed by atoms with van der Waals surface area (Å²) in [5.41, 5.74) is 1.32. The Morgan fingerprint density at radius 3 is 2.85 bits per heavy atom. The van der Waals surface area contributed by atoms with Crippen molar-refractivity contribution in [2.75, 3.05) is 0 Å². The van der Waals surface area contributed by atoms with Crippen LogP contribution in [-0.2, 0) is 6.61 Å². The van der Waals surface area contributed by atoms with Gasteiger partial charge in [-0.1, -0.05) is 29.8 Å². The zero-order chi connectivity index (χ0) is 13.9. The Kier molecular flexibility index (Phi) is 3.55. The Bertz CT molecular complexity index is 774. The Morgan fingerprint density at radius 2 is 2.05 bits per heavy atom. The van der Waals surface area contributed by atoms with Gasteiger partial charge < -0.3 is 4.74 Å². The van der Waals surface area contributed by atoms with Gasteiger partial charge in [-0.3, -0.25) is 0 Å². The molecule has 0 fully saturated rings. The van der Waals surface area contributed by atoms with Gasteiger partial charge in [0, 0.05) is 0 Å². The third-order valence-electron chi connectivity index (χ3n) is 2.78. The number of fused-ring (bicyclic) bond motifs is 1. The van der Waals surface area contributed by atoms with E-state index < -0.39 is 0 Å². The number of nitriles is 1. The molecule has 0 radical (unpaired) electrons. The Labute approximate surface area is 125 Å². The van der Waals surface area contributed by atoms with E-state index in [9.17, 15) is 0 Å². The minimum Gasteiger partial charge on any atom is -0.485 e. The molecule has 0 aliphatic rings. The fourth-order valence-corrected chi connectivity index (χ4v) is 2.94. The van der Waals surface area contributed by atoms with Gasteiger partial charge in [-0.25, -0.2) is 4.98 Å². The molecule has 0 unspecified atom stereocenters. The van der Waals surface area contributed by atoms with Crippen molar-refractivity contribution in [3.05, 3.63) is 58.1 Å². The van der Waals surface area contributed by atoms with Gasteiger partial charge in [0.05, 0.1) is 15.2 Å². The number of halogens is 1. The van der Waals surface area contributed by atoms with E-state index in [2.05, 4.69) is 11.1 Å². The number of benzene rings is 2. The van der Waals surface area contributed by atoms with E-state index in [4.69, 9.17) is 21.6 Å². The first kappa shape index (κ1) is 12.9. The molecule has 0 amide bonds. The van der Waals surface area contributed by atoms with Crippen LogP contribution < -0.4 is 4.74 Å². The molecule has 0 aliphatic carbocycles. The Hall–Kier alpha value is -2.09. The average molecular weight is 301 g/mol. The molecule has 98 valence electrons. The number of para-hydroxylation sites is 1. The summed E-state index contributed by atoms with van der Waals surface area (Å²) in [5.74, 6) is 0.485. The molecule has 3 aromatic rings. The highest BCUT2D eigenvalue weighted by molar-refractivity contribution is 7.18. The van der Waals surface area contributed by atoms with Crippen LogP contribution in [0, 0.1) is 11.3 Å². The van der Waals surface area contributed by atoms with Crippen LogP contribution in [0.4, 0.5) is 0 Å². The zero-order valence-electron chi connectivity index (χ0n) is 10.3. The summed E-state index contributed by atoms with van der Waals surface area (Å²) >= 11 is 7.54. The van der Waals surface area contributed by atoms with Crippen LogP contribution in [0.25, 0.3) is 10.2 Å². The topological polar surface area (TPSA) is 45.9 Å². The minimum atomic E-state index is 0.328. The molecule has 0 atom stereocenters. The molecule has 20 heavy (non-hydrogen) atoms. The largest absolute Gasteiger partial charge is 0.485 e. The molecule has 0 aliphatic heterocycles. The quantitative estimate of drug-likeness (QED) is 0.720. The van der Waals surface area contributed by atoms with Gasteiger partial charge >= 0.3 is 0 Å². The van der Waals surface area contributed by atoms with Crippen LogP contribution in [-0.4, -0.2) is 4.98 Å². The average Bonchev–Trinajstić information content (AvgIpc) is 2.88. The first-order valence-electron chi connectivity index (χ1n) is 5.94. The van der Waals surface area contributed by atoms with E-state index >= 15 is 0 Å². The summed E-state index contributed by atoms with van der Waals surface area (Å²) in [7, 11) is 0. The standard InChI is InChI=1S/C15H9ClN2OS/c16-11-4-3-6-13(10(11)8-17)19-9-15-18-12-5-1-2-7-14(12)20-15/h1-7H,9H2. The molecule has 0 saturated carbocycles. The maximum absolute atomic E-state index is 9.08. The van der Waals surface area contributed by atoms with Gasteiger partial charge in [0.25, 0.3) is 0 Å². The normalized spacial score (nSPS) is 10.4. The van der Waals surface area contributed by atoms with Gasteiger partial charge in [0.2, 0.25) is 0 Å². The summed E-state index contributed by atoms with van der Waals surface area (Å²) in [5, 5.41) is 10.4. The van der Waals surface area contributed by atoms with E-state index in [0.29, 0.717) is 22.9 Å². The van der Waals surface area contributed by atoms with Crippen molar-refractivity contribution in [2.45, 2.75) is 6.61 Å². The summed E-state index contributed by atoms with van der Waals surface area (Å²) in [6.45, 7) is 0.328. The number of nitrogens with zero attached hydrogens (tertiary/aromatic N) is 2. The Morgan fingerprint density at radius 1 is 1.20 bits per heavy atom. The first-order chi connectivity index (χ1) is 9.78. The van der Waals surface area contributed by atoms with E-state index in [0.717, 1.165) is 15.2 Å². The van der Waals surface area contributed by atoms with Crippen molar-refractivity contribution < 1.29 is 4.74 Å². The van der Waals surface area contributed by atoms with Crippen LogP contribution in [0.15, 0.2) is 42.5 Å². The number of aromatic nitrogens is 1. The summed E-state index contributed by atoms with van der Waals surface area (Å²) in [4.78, 5) is 4.48. The van der Waals surface area contributed by atoms with Crippen molar-refractivity contribution in [3.63, 3.8) is 0 Å². The number of ether oxygens (including phenoxy) is 1. The second-order valence-corrected chi connectivity index (χ2v) is 5.61. The van der Waals surface area contributed by atoms with Gasteiger partial charge in [-0.15, -0.1) is 11.3 Å². The molecule has 0 N–H and O–H groups in total. The first-order valence-corrected chi connectivity index (χ1v) is 7.13. The molecule has 3 rings (SSSR count). The van der Waals surface area contributed by atoms with Crippen molar-refractivity contribution in [3.8, 4) is 11.8 Å². The lowest BCUT2D eigenvalue weighted by atomic mass is 10.2. The van der Waals surface area contributed by atoms with Crippen LogP contribution in [0.1, 0.15) is 10.6 Å². The SMILES string of the molecule is N#Cc1c(Cl)cccc1OCc1nc2ccccc2s1. The van der Waals surface area contributed by atoms with Gasteiger partial charge in [0.1, 0.15) is 29.0 Å². The number of hydrogen-bond donors (Lipinski definition) is 0. The van der Waals surface area contributed by atoms with Crippen LogP contribution in [0.3, 0.4) is 0 Å². The highest BCUT2D eigenvalue weighted by Gasteiger charge is 2.09. The summed E-state index contributed by atoms with van der Waals surface area (Å²) in [6.07, 6.45) is 0. The van der Waals surface area contributed by atoms with E-state index in [1.165, 1.54) is 0 Å². The molecule has 0 spiro atoms. The predicted octanol–water partition coefficient (Wildman–Crippen LogP) is 4.40. The predicted molar refractivity (Wildman–Crippen MR) is 80.1 cm³/mol. The third-order valence-corrected chi connectivity index (χ3v) is 4.10. The highest BCUT2D eigenvalue weighted by atomic mass is 35.5. The third kappa shape index (κ3) is 2.46. The fourth-order valence-electron chi connectivity index (χ4n) is 1.85. The lowest BCUT2D eigenvalue weighted by Crippen LogP contribution is -1.97.